The number of hydrogen-bond donors (Lipinski definition) is 2. The Kier molecular flexibility index (Phi) is 9.91. The molecule has 0 atom stereocenters. The van der Waals surface area contributed by atoms with Crippen LogP contribution in [-0.4, -0.2) is 58.3 Å². The summed E-state index contributed by atoms with van der Waals surface area (Å²) in [6, 6.07) is 16.4. The van der Waals surface area contributed by atoms with Crippen molar-refractivity contribution < 1.29 is 14.3 Å². The smallest absolute Gasteiger partial charge is 0.354 e. The molecule has 0 amide bonds. The number of methoxy groups -OCH3 is 1. The van der Waals surface area contributed by atoms with Crippen LogP contribution >= 0.6 is 35.1 Å². The largest absolute Gasteiger partial charge is 0.493 e. The maximum Gasteiger partial charge on any atom is 0.354 e. The molecule has 0 spiro atoms. The molecule has 1 aliphatic rings. The van der Waals surface area contributed by atoms with Crippen LogP contribution in [0.4, 0.5) is 0 Å². The first kappa shape index (κ1) is 33.1. The van der Waals surface area contributed by atoms with Gasteiger partial charge in [0.05, 0.1) is 29.9 Å². The minimum Gasteiger partial charge on any atom is -0.493 e. The van der Waals surface area contributed by atoms with Gasteiger partial charge in [0.25, 0.3) is 0 Å². The zero-order valence-corrected chi connectivity index (χ0v) is 29.6. The number of ether oxygens (including phenoxy) is 2. The molecule has 3 aromatic carbocycles. The van der Waals surface area contributed by atoms with E-state index < -0.39 is 5.97 Å². The Bertz CT molecular complexity index is 2050. The van der Waals surface area contributed by atoms with Gasteiger partial charge in [-0.05, 0) is 55.0 Å². The van der Waals surface area contributed by atoms with E-state index in [2.05, 4.69) is 29.6 Å². The summed E-state index contributed by atoms with van der Waals surface area (Å²) >= 11 is 10.4. The summed E-state index contributed by atoms with van der Waals surface area (Å²) in [5, 5.41) is 20.6. The molecule has 3 heterocycles. The maximum atomic E-state index is 13.3. The van der Waals surface area contributed by atoms with E-state index in [-0.39, 0.29) is 0 Å². The molecule has 0 radical (unpaired) electrons. The molecule has 0 saturated heterocycles. The number of nitrogens with one attached hydrogen (secondary N) is 2. The molecule has 0 saturated carbocycles. The Balaban J connectivity index is 1.48. The molecule has 5 aromatic rings. The van der Waals surface area contributed by atoms with Crippen molar-refractivity contribution >= 4 is 68.5 Å². The van der Waals surface area contributed by atoms with Gasteiger partial charge >= 0.3 is 5.97 Å². The molecule has 6 rings (SSSR count). The zero-order valence-electron chi connectivity index (χ0n) is 27.2. The lowest BCUT2D eigenvalue weighted by atomic mass is 9.98. The van der Waals surface area contributed by atoms with Crippen molar-refractivity contribution in [1.29, 1.82) is 5.41 Å². The number of aryl methyl sites for hydroxylation is 3. The van der Waals surface area contributed by atoms with Gasteiger partial charge in [-0.15, -0.1) is 23.5 Å². The monoisotopic (exact) mass is 687 g/mol. The number of halogens is 1. The zero-order chi connectivity index (χ0) is 33.2. The first-order valence-electron chi connectivity index (χ1n) is 15.4. The second-order valence-electron chi connectivity index (χ2n) is 11.5. The Morgan fingerprint density at radius 2 is 1.89 bits per heavy atom. The van der Waals surface area contributed by atoms with Crippen LogP contribution in [0.3, 0.4) is 0 Å². The van der Waals surface area contributed by atoms with E-state index in [1.807, 2.05) is 67.7 Å². The fourth-order valence-electron chi connectivity index (χ4n) is 6.29. The lowest BCUT2D eigenvalue weighted by Gasteiger charge is -2.13. The fraction of sp³-hybridized carbons (Fsp3) is 0.306. The summed E-state index contributed by atoms with van der Waals surface area (Å²) in [6.07, 6.45) is 3.22. The SMILES string of the molecule is CN/C1=C\C(=N)CSCc2nn(C)c(C)c2-c2c(Cl)ccc3c(c(C(=O)OC)n(C)c23)CCCOc2cc(cc3ccccc23)SC1. The highest BCUT2D eigenvalue weighted by atomic mass is 35.5. The van der Waals surface area contributed by atoms with Crippen molar-refractivity contribution in [3.8, 4) is 16.9 Å². The molecule has 47 heavy (non-hydrogen) atoms. The highest BCUT2D eigenvalue weighted by Gasteiger charge is 2.27. The number of rotatable bonds is 2. The molecule has 6 bridgehead atoms. The second-order valence-corrected chi connectivity index (χ2v) is 14.0. The third-order valence-electron chi connectivity index (χ3n) is 8.63. The number of hydrogen-bond acceptors (Lipinski definition) is 8. The molecule has 2 aromatic heterocycles. The third kappa shape index (κ3) is 6.51. The molecular weight excluding hydrogens is 650 g/mol. The fourth-order valence-corrected chi connectivity index (χ4v) is 8.29. The van der Waals surface area contributed by atoms with E-state index in [0.717, 1.165) is 66.1 Å². The minimum absolute atomic E-state index is 0.391. The van der Waals surface area contributed by atoms with E-state index >= 15 is 0 Å². The van der Waals surface area contributed by atoms with Crippen LogP contribution in [0.5, 0.6) is 5.75 Å². The van der Waals surface area contributed by atoms with Gasteiger partial charge in [-0.1, -0.05) is 41.9 Å². The number of aromatic nitrogens is 3. The predicted molar refractivity (Wildman–Crippen MR) is 196 cm³/mol. The summed E-state index contributed by atoms with van der Waals surface area (Å²) in [6.45, 7) is 2.51. The van der Waals surface area contributed by atoms with Crippen LogP contribution in [0, 0.1) is 12.3 Å². The summed E-state index contributed by atoms with van der Waals surface area (Å²) < 4.78 is 15.6. The molecular formula is C36H38ClN5O3S2. The Labute approximate surface area is 288 Å². The summed E-state index contributed by atoms with van der Waals surface area (Å²) in [7, 11) is 7.15. The highest BCUT2D eigenvalue weighted by Crippen LogP contribution is 2.43. The van der Waals surface area contributed by atoms with Gasteiger partial charge in [0.15, 0.2) is 0 Å². The Morgan fingerprint density at radius 1 is 1.09 bits per heavy atom. The lowest BCUT2D eigenvalue weighted by Crippen LogP contribution is -2.11. The molecule has 1 aliphatic heterocycles. The van der Waals surface area contributed by atoms with Crippen molar-refractivity contribution in [1.82, 2.24) is 19.7 Å². The molecule has 0 aliphatic carbocycles. The summed E-state index contributed by atoms with van der Waals surface area (Å²) in [4.78, 5) is 14.4. The minimum atomic E-state index is -0.391. The van der Waals surface area contributed by atoms with Crippen molar-refractivity contribution in [2.45, 2.75) is 30.4 Å². The number of nitrogens with zero attached hydrogens (tertiary/aromatic N) is 3. The standard InChI is InChI=1S/C36H38ClN5O3S2/c1-21-32-30(40-42(21)4)20-46-18-23(38)16-24(39-2)19-47-25-15-22-9-6-7-10-26(22)31(17-25)45-14-8-11-27-28-12-13-29(37)33(32)34(28)41(3)35(27)36(43)44-5/h6-7,9-10,12-13,15-17,38-39H,8,11,14,18-20H2,1-5H3/b24-16-,38-23?. The quantitative estimate of drug-likeness (QED) is 0.182. The molecule has 8 nitrogen and oxygen atoms in total. The van der Waals surface area contributed by atoms with E-state index in [9.17, 15) is 4.79 Å². The number of benzene rings is 3. The second kappa shape index (κ2) is 14.1. The van der Waals surface area contributed by atoms with E-state index in [1.165, 1.54) is 7.11 Å². The van der Waals surface area contributed by atoms with Gasteiger partial charge in [-0.2, -0.15) is 5.10 Å². The number of carbonyl (C=O) groups excluding carboxylic acids is 1. The van der Waals surface area contributed by atoms with Crippen LogP contribution in [0.1, 0.15) is 33.9 Å². The topological polar surface area (TPSA) is 94.2 Å². The van der Waals surface area contributed by atoms with Gasteiger partial charge < -0.3 is 24.8 Å². The highest BCUT2D eigenvalue weighted by molar-refractivity contribution is 7.99. The number of esters is 1. The van der Waals surface area contributed by atoms with E-state index in [1.54, 1.807) is 23.5 Å². The average Bonchev–Trinajstić information content (AvgIpc) is 3.51. The maximum absolute atomic E-state index is 13.3. The molecule has 244 valence electrons. The molecule has 11 heteroatoms. The first-order valence-corrected chi connectivity index (χ1v) is 18.0. The van der Waals surface area contributed by atoms with Crippen LogP contribution in [-0.2, 0) is 31.0 Å². The van der Waals surface area contributed by atoms with Crippen LogP contribution in [0.25, 0.3) is 32.8 Å². The van der Waals surface area contributed by atoms with Crippen molar-refractivity contribution in [2.24, 2.45) is 14.1 Å². The Hall–Kier alpha value is -3.86. The van der Waals surface area contributed by atoms with Crippen LogP contribution < -0.4 is 10.1 Å². The lowest BCUT2D eigenvalue weighted by molar-refractivity contribution is 0.0589. The number of allylic oxidation sites excluding steroid dienone is 1. The first-order chi connectivity index (χ1) is 22.7. The van der Waals surface area contributed by atoms with Gasteiger partial charge in [-0.25, -0.2) is 4.79 Å². The molecule has 0 fully saturated rings. The third-order valence-corrected chi connectivity index (χ3v) is 11.0. The van der Waals surface area contributed by atoms with Gasteiger partial charge in [0.2, 0.25) is 0 Å². The van der Waals surface area contributed by atoms with E-state index in [4.69, 9.17) is 31.6 Å². The van der Waals surface area contributed by atoms with Crippen LogP contribution in [0.15, 0.2) is 65.2 Å². The van der Waals surface area contributed by atoms with E-state index in [0.29, 0.717) is 53.1 Å². The van der Waals surface area contributed by atoms with Crippen molar-refractivity contribution in [3.63, 3.8) is 0 Å². The average molecular weight is 688 g/mol. The number of fused-ring (bicyclic) bond motifs is 6. The van der Waals surface area contributed by atoms with Gasteiger partial charge in [0, 0.05) is 82.3 Å². The van der Waals surface area contributed by atoms with Gasteiger partial charge in [0.1, 0.15) is 11.4 Å². The Morgan fingerprint density at radius 3 is 2.68 bits per heavy atom. The van der Waals surface area contributed by atoms with Gasteiger partial charge in [-0.3, -0.25) is 4.68 Å². The summed E-state index contributed by atoms with van der Waals surface area (Å²) in [5.41, 5.74) is 7.46. The number of carbonyl (C=O) groups is 1. The van der Waals surface area contributed by atoms with Crippen molar-refractivity contribution in [2.75, 3.05) is 32.3 Å². The normalized spacial score (nSPS) is 15.9. The molecule has 2 N–H and O–H groups in total. The number of thioether (sulfide) groups is 2. The van der Waals surface area contributed by atoms with Crippen molar-refractivity contribution in [3.05, 3.63) is 88.0 Å². The molecule has 0 unspecified atom stereocenters. The summed E-state index contributed by atoms with van der Waals surface area (Å²) in [5.74, 6) is 2.26. The van der Waals surface area contributed by atoms with Crippen LogP contribution in [0.2, 0.25) is 5.02 Å². The predicted octanol–water partition coefficient (Wildman–Crippen LogP) is 7.95.